The summed E-state index contributed by atoms with van der Waals surface area (Å²) in [6, 6.07) is 7.97. The number of aryl methyl sites for hydroxylation is 1. The lowest BCUT2D eigenvalue weighted by Gasteiger charge is -2.34. The number of hydrogen-bond donors (Lipinski definition) is 2. The lowest BCUT2D eigenvalue weighted by molar-refractivity contribution is -0.133. The van der Waals surface area contributed by atoms with Gasteiger partial charge in [0.05, 0.1) is 6.54 Å². The largest absolute Gasteiger partial charge is 0.355 e. The first-order valence-corrected chi connectivity index (χ1v) is 10.4. The van der Waals surface area contributed by atoms with Gasteiger partial charge in [-0.3, -0.25) is 24.2 Å². The summed E-state index contributed by atoms with van der Waals surface area (Å²) in [7, 11) is 0. The molecule has 1 aromatic heterocycles. The average molecular weight is 417 g/mol. The number of hydrogen-bond acceptors (Lipinski definition) is 5. The van der Waals surface area contributed by atoms with E-state index in [2.05, 4.69) is 20.4 Å². The minimum absolute atomic E-state index is 0.00551. The van der Waals surface area contributed by atoms with Gasteiger partial charge in [-0.15, -0.1) is 0 Å². The lowest BCUT2D eigenvalue weighted by Crippen LogP contribution is -2.51. The maximum Gasteiger partial charge on any atom is 0.242 e. The molecule has 1 fully saturated rings. The van der Waals surface area contributed by atoms with Crippen molar-refractivity contribution in [1.29, 1.82) is 0 Å². The summed E-state index contributed by atoms with van der Waals surface area (Å²) in [6.07, 6.45) is 0.926. The Hall–Kier alpha value is -2.52. The van der Waals surface area contributed by atoms with Gasteiger partial charge in [-0.2, -0.15) is 5.10 Å². The van der Waals surface area contributed by atoms with E-state index < -0.39 is 0 Å². The molecule has 2 amide bonds. The third-order valence-corrected chi connectivity index (χ3v) is 5.34. The first-order valence-electron chi connectivity index (χ1n) is 9.97. The molecular weight excluding hydrogens is 388 g/mol. The Morgan fingerprint density at radius 1 is 1.14 bits per heavy atom. The molecule has 9 heteroatoms. The van der Waals surface area contributed by atoms with Crippen molar-refractivity contribution in [3.8, 4) is 11.4 Å². The van der Waals surface area contributed by atoms with E-state index >= 15 is 0 Å². The minimum Gasteiger partial charge on any atom is -0.355 e. The van der Waals surface area contributed by atoms with Crippen molar-refractivity contribution in [3.63, 3.8) is 0 Å². The molecule has 1 saturated heterocycles. The number of carbonyl (C=O) groups excluding carboxylic acids is 2. The molecule has 0 radical (unpaired) electrons. The van der Waals surface area contributed by atoms with Crippen LogP contribution < -0.4 is 5.32 Å². The van der Waals surface area contributed by atoms with Crippen molar-refractivity contribution >= 4 is 24.0 Å². The van der Waals surface area contributed by atoms with E-state index in [-0.39, 0.29) is 18.4 Å². The summed E-state index contributed by atoms with van der Waals surface area (Å²) in [5.74, 6) is 0.708. The van der Waals surface area contributed by atoms with E-state index in [1.165, 1.54) is 0 Å². The fraction of sp³-hybridized carbons (Fsp3) is 0.500. The van der Waals surface area contributed by atoms with Crippen LogP contribution in [-0.4, -0.2) is 75.6 Å². The molecule has 2 heterocycles. The van der Waals surface area contributed by atoms with Gasteiger partial charge in [-0.1, -0.05) is 36.8 Å². The number of aromatic nitrogens is 3. The molecule has 8 nitrogen and oxygen atoms in total. The molecule has 1 aromatic carbocycles. The first kappa shape index (κ1) is 21.2. The molecule has 2 N–H and O–H groups in total. The molecule has 0 atom stereocenters. The number of rotatable bonds is 7. The Balaban J connectivity index is 1.58. The van der Waals surface area contributed by atoms with Crippen LogP contribution in [0.2, 0.25) is 0 Å². The molecular formula is C20H28N6O2S. The maximum absolute atomic E-state index is 12.8. The predicted octanol–water partition coefficient (Wildman–Crippen LogP) is 1.59. The predicted molar refractivity (Wildman–Crippen MR) is 114 cm³/mol. The van der Waals surface area contributed by atoms with E-state index in [0.717, 1.165) is 17.5 Å². The maximum atomic E-state index is 12.8. The van der Waals surface area contributed by atoms with Gasteiger partial charge in [0, 0.05) is 38.3 Å². The smallest absolute Gasteiger partial charge is 0.242 e. The second-order valence-corrected chi connectivity index (χ2v) is 7.70. The third kappa shape index (κ3) is 5.51. The highest BCUT2D eigenvalue weighted by Gasteiger charge is 2.23. The van der Waals surface area contributed by atoms with Gasteiger partial charge in [-0.05, 0) is 25.6 Å². The van der Waals surface area contributed by atoms with Crippen LogP contribution in [0, 0.1) is 11.7 Å². The van der Waals surface area contributed by atoms with Crippen LogP contribution in [-0.2, 0) is 16.1 Å². The number of carbonyl (C=O) groups is 2. The van der Waals surface area contributed by atoms with Crippen LogP contribution in [0.5, 0.6) is 0 Å². The summed E-state index contributed by atoms with van der Waals surface area (Å²) in [6.45, 7) is 7.86. The molecule has 29 heavy (non-hydrogen) atoms. The molecule has 1 aliphatic rings. The highest BCUT2D eigenvalue weighted by atomic mass is 32.1. The number of H-pyrrole nitrogens is 1. The average Bonchev–Trinajstić information content (AvgIpc) is 3.08. The lowest BCUT2D eigenvalue weighted by atomic mass is 10.1. The van der Waals surface area contributed by atoms with Gasteiger partial charge in [-0.25, -0.2) is 0 Å². The number of aromatic amines is 1. The summed E-state index contributed by atoms with van der Waals surface area (Å²) < 4.78 is 2.17. The van der Waals surface area contributed by atoms with Gasteiger partial charge in [0.2, 0.25) is 11.8 Å². The zero-order chi connectivity index (χ0) is 20.8. The SMILES string of the molecule is CCCNC(=O)CN1CCN(C(=O)Cn2c(-c3ccc(C)cc3)n[nH]c2=S)CC1. The molecule has 0 aliphatic carbocycles. The van der Waals surface area contributed by atoms with E-state index in [1.807, 2.05) is 43.0 Å². The third-order valence-electron chi connectivity index (χ3n) is 5.03. The number of piperazine rings is 1. The minimum atomic E-state index is 0.00551. The topological polar surface area (TPSA) is 86.3 Å². The van der Waals surface area contributed by atoms with Crippen LogP contribution in [0.25, 0.3) is 11.4 Å². The Labute approximate surface area is 175 Å². The monoisotopic (exact) mass is 416 g/mol. The van der Waals surface area contributed by atoms with Crippen LogP contribution in [0.15, 0.2) is 24.3 Å². The Morgan fingerprint density at radius 2 is 1.83 bits per heavy atom. The van der Waals surface area contributed by atoms with E-state index in [4.69, 9.17) is 12.2 Å². The van der Waals surface area contributed by atoms with E-state index in [1.54, 1.807) is 4.57 Å². The van der Waals surface area contributed by atoms with Crippen molar-refractivity contribution in [2.75, 3.05) is 39.3 Å². The fourth-order valence-electron chi connectivity index (χ4n) is 3.30. The number of nitrogens with one attached hydrogen (secondary N) is 2. The fourth-order valence-corrected chi connectivity index (χ4v) is 3.50. The van der Waals surface area contributed by atoms with Crippen LogP contribution in [0.4, 0.5) is 0 Å². The quantitative estimate of drug-likeness (QED) is 0.670. The summed E-state index contributed by atoms with van der Waals surface area (Å²) in [5, 5.41) is 9.99. The number of benzene rings is 1. The standard InChI is InChI=1S/C20H28N6O2S/c1-3-8-21-17(27)13-24-9-11-25(12-10-24)18(28)14-26-19(22-23-20(26)29)16-6-4-15(2)5-7-16/h4-7H,3,8-14H2,1-2H3,(H,21,27)(H,23,29). The molecule has 0 spiro atoms. The van der Waals surface area contributed by atoms with Crippen molar-refractivity contribution in [2.24, 2.45) is 0 Å². The summed E-state index contributed by atoms with van der Waals surface area (Å²) >= 11 is 5.34. The molecule has 0 bridgehead atoms. The molecule has 0 unspecified atom stereocenters. The molecule has 1 aliphatic heterocycles. The van der Waals surface area contributed by atoms with Crippen molar-refractivity contribution in [2.45, 2.75) is 26.8 Å². The highest BCUT2D eigenvalue weighted by Crippen LogP contribution is 2.18. The van der Waals surface area contributed by atoms with E-state index in [9.17, 15) is 9.59 Å². The van der Waals surface area contributed by atoms with Gasteiger partial charge >= 0.3 is 0 Å². The van der Waals surface area contributed by atoms with Crippen LogP contribution >= 0.6 is 12.2 Å². The molecule has 0 saturated carbocycles. The highest BCUT2D eigenvalue weighted by molar-refractivity contribution is 7.71. The Kier molecular flexibility index (Phi) is 7.16. The van der Waals surface area contributed by atoms with Gasteiger partial charge in [0.25, 0.3) is 0 Å². The second kappa shape index (κ2) is 9.80. The molecule has 3 rings (SSSR count). The zero-order valence-electron chi connectivity index (χ0n) is 17.0. The van der Waals surface area contributed by atoms with Gasteiger partial charge < -0.3 is 10.2 Å². The summed E-state index contributed by atoms with van der Waals surface area (Å²) in [4.78, 5) is 28.6. The normalized spacial score (nSPS) is 14.8. The zero-order valence-corrected chi connectivity index (χ0v) is 17.8. The van der Waals surface area contributed by atoms with Crippen molar-refractivity contribution in [3.05, 3.63) is 34.6 Å². The molecule has 156 valence electrons. The van der Waals surface area contributed by atoms with E-state index in [0.29, 0.717) is 49.9 Å². The first-order chi connectivity index (χ1) is 14.0. The second-order valence-electron chi connectivity index (χ2n) is 7.31. The van der Waals surface area contributed by atoms with Crippen molar-refractivity contribution in [1.82, 2.24) is 29.9 Å². The van der Waals surface area contributed by atoms with Crippen LogP contribution in [0.3, 0.4) is 0 Å². The van der Waals surface area contributed by atoms with Gasteiger partial charge in [0.1, 0.15) is 6.54 Å². The Bertz CT molecular complexity index is 896. The van der Waals surface area contributed by atoms with Crippen molar-refractivity contribution < 1.29 is 9.59 Å². The van der Waals surface area contributed by atoms with Crippen LogP contribution in [0.1, 0.15) is 18.9 Å². The number of nitrogens with zero attached hydrogens (tertiary/aromatic N) is 4. The van der Waals surface area contributed by atoms with Gasteiger partial charge in [0.15, 0.2) is 10.6 Å². The Morgan fingerprint density at radius 3 is 2.48 bits per heavy atom. The molecule has 2 aromatic rings. The number of amides is 2. The summed E-state index contributed by atoms with van der Waals surface area (Å²) in [5.41, 5.74) is 2.07.